The highest BCUT2D eigenvalue weighted by Gasteiger charge is 2.19. The number of carbonyl (C=O) groups excluding carboxylic acids is 1. The van der Waals surface area contributed by atoms with Crippen molar-refractivity contribution in [2.24, 2.45) is 0 Å². The molecular weight excluding hydrogens is 340 g/mol. The van der Waals surface area contributed by atoms with Crippen molar-refractivity contribution in [3.63, 3.8) is 0 Å². The summed E-state index contributed by atoms with van der Waals surface area (Å²) in [6.07, 6.45) is 0. The van der Waals surface area contributed by atoms with E-state index in [1.165, 1.54) is 0 Å². The van der Waals surface area contributed by atoms with Gasteiger partial charge in [0.1, 0.15) is 5.69 Å². The number of rotatable bonds is 4. The molecule has 5 heteroatoms. The molecule has 0 saturated carbocycles. The maximum atomic E-state index is 12.6. The van der Waals surface area contributed by atoms with E-state index in [4.69, 9.17) is 11.6 Å². The van der Waals surface area contributed by atoms with Crippen LogP contribution in [0.3, 0.4) is 0 Å². The van der Waals surface area contributed by atoms with Crippen LogP contribution in [0.5, 0.6) is 0 Å². The highest BCUT2D eigenvalue weighted by atomic mass is 35.5. The smallest absolute Gasteiger partial charge is 0.269 e. The number of hydrogen-bond donors (Lipinski definition) is 2. The molecule has 3 nitrogen and oxygen atoms in total. The Morgan fingerprint density at radius 1 is 1.17 bits per heavy atom. The summed E-state index contributed by atoms with van der Waals surface area (Å²) in [4.78, 5) is 17.9. The van der Waals surface area contributed by atoms with E-state index in [2.05, 4.69) is 28.5 Å². The fraction of sp³-hybridized carbons (Fsp3) is 0.211. The molecule has 124 valence electrons. The zero-order chi connectivity index (χ0) is 17.3. The predicted octanol–water partition coefficient (Wildman–Crippen LogP) is 5.42. The second-order valence-electron chi connectivity index (χ2n) is 6.06. The Morgan fingerprint density at radius 2 is 1.88 bits per heavy atom. The van der Waals surface area contributed by atoms with Crippen molar-refractivity contribution >= 4 is 40.2 Å². The minimum atomic E-state index is -0.0877. The lowest BCUT2D eigenvalue weighted by Crippen LogP contribution is -2.30. The summed E-state index contributed by atoms with van der Waals surface area (Å²) in [5, 5.41) is 4.72. The Bertz CT molecular complexity index is 884. The molecule has 1 heterocycles. The van der Waals surface area contributed by atoms with Crippen LogP contribution in [-0.4, -0.2) is 16.9 Å². The number of carbonyl (C=O) groups is 1. The van der Waals surface area contributed by atoms with Gasteiger partial charge in [0.05, 0.1) is 4.90 Å². The minimum Gasteiger partial charge on any atom is -0.350 e. The van der Waals surface area contributed by atoms with Gasteiger partial charge in [0.2, 0.25) is 0 Å². The monoisotopic (exact) mass is 358 g/mol. The van der Waals surface area contributed by atoms with E-state index in [0.29, 0.717) is 10.7 Å². The first kappa shape index (κ1) is 16.9. The van der Waals surface area contributed by atoms with Gasteiger partial charge in [0.25, 0.3) is 5.91 Å². The molecule has 24 heavy (non-hydrogen) atoms. The first-order valence-electron chi connectivity index (χ1n) is 7.80. The van der Waals surface area contributed by atoms with Gasteiger partial charge in [0.15, 0.2) is 0 Å². The Labute approximate surface area is 150 Å². The molecular formula is C19H19ClN2OS. The average molecular weight is 359 g/mol. The van der Waals surface area contributed by atoms with Crippen molar-refractivity contribution in [2.45, 2.75) is 36.6 Å². The number of amides is 1. The van der Waals surface area contributed by atoms with E-state index in [9.17, 15) is 4.79 Å². The molecule has 3 rings (SSSR count). The molecule has 2 N–H and O–H groups in total. The lowest BCUT2D eigenvalue weighted by molar-refractivity contribution is 0.0936. The number of aryl methyl sites for hydroxylation is 1. The number of aromatic nitrogens is 1. The molecule has 0 bridgehead atoms. The van der Waals surface area contributed by atoms with E-state index in [1.807, 2.05) is 45.0 Å². The van der Waals surface area contributed by atoms with Crippen molar-refractivity contribution in [3.05, 3.63) is 58.7 Å². The Morgan fingerprint density at radius 3 is 2.54 bits per heavy atom. The molecule has 0 fully saturated rings. The number of nitrogens with one attached hydrogen (secondary N) is 2. The summed E-state index contributed by atoms with van der Waals surface area (Å²) in [6, 6.07) is 13.9. The van der Waals surface area contributed by atoms with Crippen LogP contribution < -0.4 is 5.32 Å². The maximum absolute atomic E-state index is 12.6. The third-order valence-corrected chi connectivity index (χ3v) is 4.97. The largest absolute Gasteiger partial charge is 0.350 e. The van der Waals surface area contributed by atoms with Crippen LogP contribution in [0.4, 0.5) is 0 Å². The Hall–Kier alpha value is -1.91. The Balaban J connectivity index is 2.08. The van der Waals surface area contributed by atoms with E-state index >= 15 is 0 Å². The number of hydrogen-bond acceptors (Lipinski definition) is 2. The van der Waals surface area contributed by atoms with Crippen molar-refractivity contribution in [3.8, 4) is 0 Å². The van der Waals surface area contributed by atoms with Crippen LogP contribution in [-0.2, 0) is 0 Å². The molecule has 0 aliphatic carbocycles. The summed E-state index contributed by atoms with van der Waals surface area (Å²) < 4.78 is 0. The van der Waals surface area contributed by atoms with Crippen molar-refractivity contribution in [1.82, 2.24) is 10.3 Å². The van der Waals surface area contributed by atoms with Gasteiger partial charge < -0.3 is 10.3 Å². The number of H-pyrrole nitrogens is 1. The molecule has 0 aliphatic heterocycles. The van der Waals surface area contributed by atoms with Gasteiger partial charge >= 0.3 is 0 Å². The van der Waals surface area contributed by atoms with Gasteiger partial charge in [-0.2, -0.15) is 0 Å². The Kier molecular flexibility index (Phi) is 4.88. The van der Waals surface area contributed by atoms with E-state index in [0.717, 1.165) is 26.3 Å². The van der Waals surface area contributed by atoms with Crippen molar-refractivity contribution in [2.75, 3.05) is 0 Å². The molecule has 0 unspecified atom stereocenters. The zero-order valence-electron chi connectivity index (χ0n) is 13.8. The van der Waals surface area contributed by atoms with Gasteiger partial charge in [-0.3, -0.25) is 4.79 Å². The van der Waals surface area contributed by atoms with Crippen LogP contribution in [0.25, 0.3) is 10.9 Å². The van der Waals surface area contributed by atoms with Gasteiger partial charge in [-0.15, -0.1) is 0 Å². The van der Waals surface area contributed by atoms with Gasteiger partial charge in [-0.05, 0) is 56.7 Å². The number of benzene rings is 2. The van der Waals surface area contributed by atoms with E-state index < -0.39 is 0 Å². The zero-order valence-corrected chi connectivity index (χ0v) is 15.4. The molecule has 1 aromatic heterocycles. The predicted molar refractivity (Wildman–Crippen MR) is 101 cm³/mol. The first-order chi connectivity index (χ1) is 11.4. The third-order valence-electron chi connectivity index (χ3n) is 3.59. The maximum Gasteiger partial charge on any atom is 0.269 e. The SMILES string of the molecule is Cc1ccc2c(Sc3ccc(Cl)cc3)c(C(=O)NC(C)C)[nH]c2c1. The van der Waals surface area contributed by atoms with Gasteiger partial charge in [0, 0.05) is 26.9 Å². The molecule has 0 radical (unpaired) electrons. The van der Waals surface area contributed by atoms with Crippen LogP contribution in [0.2, 0.25) is 5.02 Å². The van der Waals surface area contributed by atoms with Crippen molar-refractivity contribution < 1.29 is 4.79 Å². The highest BCUT2D eigenvalue weighted by molar-refractivity contribution is 7.99. The van der Waals surface area contributed by atoms with E-state index in [-0.39, 0.29) is 11.9 Å². The summed E-state index contributed by atoms with van der Waals surface area (Å²) in [5.41, 5.74) is 2.73. The second kappa shape index (κ2) is 6.91. The number of halogens is 1. The number of aromatic amines is 1. The lowest BCUT2D eigenvalue weighted by Gasteiger charge is -2.09. The van der Waals surface area contributed by atoms with Crippen molar-refractivity contribution in [1.29, 1.82) is 0 Å². The normalized spacial score (nSPS) is 11.2. The van der Waals surface area contributed by atoms with Crippen LogP contribution >= 0.6 is 23.4 Å². The molecule has 3 aromatic rings. The fourth-order valence-electron chi connectivity index (χ4n) is 2.51. The lowest BCUT2D eigenvalue weighted by atomic mass is 10.2. The quantitative estimate of drug-likeness (QED) is 0.654. The standard InChI is InChI=1S/C19H19ClN2OS/c1-11(2)21-19(23)17-18(24-14-7-5-13(20)6-8-14)15-9-4-12(3)10-16(15)22-17/h4-11,22H,1-3H3,(H,21,23). The summed E-state index contributed by atoms with van der Waals surface area (Å²) >= 11 is 7.54. The molecule has 0 aliphatic rings. The fourth-order valence-corrected chi connectivity index (χ4v) is 3.67. The van der Waals surface area contributed by atoms with Gasteiger partial charge in [-0.25, -0.2) is 0 Å². The second-order valence-corrected chi connectivity index (χ2v) is 7.58. The van der Waals surface area contributed by atoms with Gasteiger partial charge in [-0.1, -0.05) is 35.5 Å². The first-order valence-corrected chi connectivity index (χ1v) is 9.00. The molecule has 0 spiro atoms. The van der Waals surface area contributed by atoms with E-state index in [1.54, 1.807) is 11.8 Å². The summed E-state index contributed by atoms with van der Waals surface area (Å²) in [6.45, 7) is 5.95. The van der Waals surface area contributed by atoms with Crippen LogP contribution in [0.1, 0.15) is 29.9 Å². The molecule has 2 aromatic carbocycles. The van der Waals surface area contributed by atoms with Crippen LogP contribution in [0.15, 0.2) is 52.3 Å². The molecule has 0 atom stereocenters. The summed E-state index contributed by atoms with van der Waals surface area (Å²) in [7, 11) is 0. The van der Waals surface area contributed by atoms with Crippen LogP contribution in [0, 0.1) is 6.92 Å². The summed E-state index contributed by atoms with van der Waals surface area (Å²) in [5.74, 6) is -0.0877. The highest BCUT2D eigenvalue weighted by Crippen LogP contribution is 2.37. The third kappa shape index (κ3) is 3.60. The topological polar surface area (TPSA) is 44.9 Å². The minimum absolute atomic E-state index is 0.0824. The molecule has 0 saturated heterocycles. The average Bonchev–Trinajstić information content (AvgIpc) is 2.86. The molecule has 1 amide bonds. The number of fused-ring (bicyclic) bond motifs is 1.